The summed E-state index contributed by atoms with van der Waals surface area (Å²) in [7, 11) is 0. The van der Waals surface area contributed by atoms with Gasteiger partial charge in [-0.2, -0.15) is 13.2 Å². The van der Waals surface area contributed by atoms with Crippen LogP contribution >= 0.6 is 11.3 Å². The Morgan fingerprint density at radius 3 is 2.29 bits per heavy atom. The lowest BCUT2D eigenvalue weighted by Crippen LogP contribution is -2.61. The van der Waals surface area contributed by atoms with Crippen LogP contribution in [0.2, 0.25) is 0 Å². The van der Waals surface area contributed by atoms with Gasteiger partial charge in [0.05, 0.1) is 23.6 Å². The first kappa shape index (κ1) is 26.7. The summed E-state index contributed by atoms with van der Waals surface area (Å²) in [4.78, 5) is 38.0. The fourth-order valence-corrected chi connectivity index (χ4v) is 6.44. The van der Waals surface area contributed by atoms with E-state index in [2.05, 4.69) is 15.3 Å². The molecule has 3 fully saturated rings. The van der Waals surface area contributed by atoms with Gasteiger partial charge in [0.2, 0.25) is 0 Å². The number of aliphatic hydroxyl groups is 1. The highest BCUT2D eigenvalue weighted by Crippen LogP contribution is 2.43. The van der Waals surface area contributed by atoms with Crippen LogP contribution in [0.5, 0.6) is 0 Å². The van der Waals surface area contributed by atoms with Crippen LogP contribution in [0.3, 0.4) is 0 Å². The van der Waals surface area contributed by atoms with Gasteiger partial charge >= 0.3 is 6.18 Å². The van der Waals surface area contributed by atoms with E-state index in [9.17, 15) is 36.6 Å². The van der Waals surface area contributed by atoms with E-state index in [1.807, 2.05) is 0 Å². The first-order valence-corrected chi connectivity index (χ1v) is 13.0. The third-order valence-electron chi connectivity index (χ3n) is 7.32. The zero-order valence-electron chi connectivity index (χ0n) is 20.6. The minimum atomic E-state index is -4.62. The van der Waals surface area contributed by atoms with Crippen LogP contribution in [0.4, 0.5) is 27.8 Å². The Balaban J connectivity index is 1.55. The van der Waals surface area contributed by atoms with Crippen LogP contribution in [-0.2, 0) is 0 Å². The van der Waals surface area contributed by atoms with Crippen LogP contribution in [0.1, 0.15) is 71.8 Å². The number of nitrogens with one attached hydrogen (secondary N) is 1. The Labute approximate surface area is 218 Å². The van der Waals surface area contributed by atoms with Crippen LogP contribution < -0.4 is 5.32 Å². The number of pyridine rings is 1. The lowest BCUT2D eigenvalue weighted by molar-refractivity contribution is -0.138. The minimum absolute atomic E-state index is 0.00908. The number of nitrogens with zero attached hydrogens (tertiary/aromatic N) is 4. The number of β-amino-alcohol motifs (C(OH)–C–C–N with tert-alkyl or cyclic N) is 1. The molecule has 5 heterocycles. The van der Waals surface area contributed by atoms with Crippen LogP contribution in [0, 0.1) is 0 Å². The molecule has 5 rings (SSSR count). The number of amides is 2. The van der Waals surface area contributed by atoms with E-state index >= 15 is 0 Å². The number of rotatable bonds is 6. The molecule has 1 unspecified atom stereocenters. The fraction of sp³-hybridized carbons (Fsp3) is 0.583. The molecule has 0 spiro atoms. The number of aromatic nitrogens is 2. The standard InChI is InChI=1S/C24H26F5N5O3S/c1-11(24(27,28)29)31-16-7-14(19(25)26)15(8-30-16)18-17(21(35)34-12-3-4-13(34)6-5-12)32-20(38-18)22(36)33-9-23(2,37)10-33/h7-8,11-13,19,37H,3-6,9-10H2,1-2H3,(H,30,31). The Bertz CT molecular complexity index is 1240. The van der Waals surface area contributed by atoms with Gasteiger partial charge in [-0.3, -0.25) is 9.59 Å². The van der Waals surface area contributed by atoms with Crippen LogP contribution in [-0.4, -0.2) is 79.7 Å². The van der Waals surface area contributed by atoms with Crippen molar-refractivity contribution in [2.75, 3.05) is 18.4 Å². The molecule has 3 saturated heterocycles. The second kappa shape index (κ2) is 9.40. The molecule has 0 aliphatic carbocycles. The molecule has 3 aliphatic rings. The number of carbonyl (C=O) groups is 2. The largest absolute Gasteiger partial charge is 0.408 e. The van der Waals surface area contributed by atoms with Gasteiger partial charge in [0.15, 0.2) is 5.01 Å². The number of carbonyl (C=O) groups excluding carboxylic acids is 2. The average Bonchev–Trinajstić information content (AvgIpc) is 3.55. The molecule has 0 radical (unpaired) electrons. The lowest BCUT2D eigenvalue weighted by atomic mass is 9.97. The van der Waals surface area contributed by atoms with E-state index in [4.69, 9.17) is 0 Å². The van der Waals surface area contributed by atoms with Gasteiger partial charge in [0.25, 0.3) is 18.2 Å². The van der Waals surface area contributed by atoms with E-state index < -0.39 is 47.4 Å². The van der Waals surface area contributed by atoms with E-state index in [1.165, 1.54) is 4.90 Å². The second-order valence-electron chi connectivity index (χ2n) is 10.4. The normalized spacial score (nSPS) is 23.1. The lowest BCUT2D eigenvalue weighted by Gasteiger charge is -2.43. The van der Waals surface area contributed by atoms with E-state index in [1.54, 1.807) is 11.8 Å². The smallest absolute Gasteiger partial charge is 0.386 e. The van der Waals surface area contributed by atoms with E-state index in [0.29, 0.717) is 0 Å². The Kier molecular flexibility index (Phi) is 6.61. The maximum absolute atomic E-state index is 14.2. The molecule has 2 aromatic heterocycles. The predicted molar refractivity (Wildman–Crippen MR) is 128 cm³/mol. The molecule has 2 N–H and O–H groups in total. The number of thiazole rings is 1. The van der Waals surface area contributed by atoms with Crippen molar-refractivity contribution in [3.05, 3.63) is 28.5 Å². The molecular weight excluding hydrogens is 533 g/mol. The molecule has 0 saturated carbocycles. The van der Waals surface area contributed by atoms with Crippen molar-refractivity contribution >= 4 is 29.0 Å². The highest BCUT2D eigenvalue weighted by atomic mass is 32.1. The van der Waals surface area contributed by atoms with Crippen molar-refractivity contribution < 1.29 is 36.6 Å². The monoisotopic (exact) mass is 559 g/mol. The summed E-state index contributed by atoms with van der Waals surface area (Å²) in [5.41, 5.74) is -2.01. The molecular formula is C24H26F5N5O3S. The summed E-state index contributed by atoms with van der Waals surface area (Å²) < 4.78 is 67.3. The number of halogens is 5. The summed E-state index contributed by atoms with van der Waals surface area (Å²) >= 11 is 0.759. The fourth-order valence-electron chi connectivity index (χ4n) is 5.38. The number of hydrogen-bond donors (Lipinski definition) is 2. The van der Waals surface area contributed by atoms with Gasteiger partial charge in [0.1, 0.15) is 17.6 Å². The third kappa shape index (κ3) is 4.83. The summed E-state index contributed by atoms with van der Waals surface area (Å²) in [6.07, 6.45) is -3.43. The Hall–Kier alpha value is -2.87. The first-order valence-electron chi connectivity index (χ1n) is 12.2. The molecule has 8 nitrogen and oxygen atoms in total. The Morgan fingerprint density at radius 2 is 1.76 bits per heavy atom. The van der Waals surface area contributed by atoms with Crippen molar-refractivity contribution in [1.29, 1.82) is 0 Å². The van der Waals surface area contributed by atoms with Crippen molar-refractivity contribution in [3.63, 3.8) is 0 Å². The number of hydrogen-bond acceptors (Lipinski definition) is 7. The zero-order chi connectivity index (χ0) is 27.6. The van der Waals surface area contributed by atoms with Crippen LogP contribution in [0.15, 0.2) is 12.3 Å². The molecule has 0 aromatic carbocycles. The maximum Gasteiger partial charge on any atom is 0.408 e. The number of fused-ring (bicyclic) bond motifs is 2. The molecule has 2 bridgehead atoms. The van der Waals surface area contributed by atoms with Gasteiger partial charge in [-0.1, -0.05) is 0 Å². The predicted octanol–water partition coefficient (Wildman–Crippen LogP) is 4.48. The van der Waals surface area contributed by atoms with Gasteiger partial charge in [-0.25, -0.2) is 18.7 Å². The quantitative estimate of drug-likeness (QED) is 0.507. The van der Waals surface area contributed by atoms with Gasteiger partial charge < -0.3 is 20.2 Å². The number of alkyl halides is 5. The van der Waals surface area contributed by atoms with E-state index in [0.717, 1.165) is 56.2 Å². The van der Waals surface area contributed by atoms with Gasteiger partial charge in [0, 0.05) is 29.4 Å². The Morgan fingerprint density at radius 1 is 1.16 bits per heavy atom. The molecule has 1 atom stereocenters. The minimum Gasteiger partial charge on any atom is -0.386 e. The summed E-state index contributed by atoms with van der Waals surface area (Å²) in [6.45, 7) is 2.52. The van der Waals surface area contributed by atoms with Gasteiger partial charge in [-0.05, 0) is 45.6 Å². The van der Waals surface area contributed by atoms with Crippen LogP contribution in [0.25, 0.3) is 10.4 Å². The van der Waals surface area contributed by atoms with Crippen molar-refractivity contribution in [1.82, 2.24) is 19.8 Å². The molecule has 14 heteroatoms. The number of anilines is 1. The van der Waals surface area contributed by atoms with Crippen molar-refractivity contribution in [2.24, 2.45) is 0 Å². The van der Waals surface area contributed by atoms with Crippen molar-refractivity contribution in [3.8, 4) is 10.4 Å². The maximum atomic E-state index is 14.2. The second-order valence-corrected chi connectivity index (χ2v) is 11.4. The molecule has 206 valence electrons. The average molecular weight is 560 g/mol. The third-order valence-corrected chi connectivity index (χ3v) is 8.40. The molecule has 3 aliphatic heterocycles. The van der Waals surface area contributed by atoms with E-state index in [-0.39, 0.29) is 46.3 Å². The SMILES string of the molecule is CC(Nc1cc(C(F)F)c(-c2sc(C(=O)N3CC(C)(O)C3)nc2C(=O)N2C3CCC2CC3)cn1)C(F)(F)F. The molecule has 38 heavy (non-hydrogen) atoms. The topological polar surface area (TPSA) is 98.7 Å². The van der Waals surface area contributed by atoms with Crippen molar-refractivity contribution in [2.45, 2.75) is 75.9 Å². The number of likely N-dealkylation sites (tertiary alicyclic amines) is 1. The zero-order valence-corrected chi connectivity index (χ0v) is 21.4. The summed E-state index contributed by atoms with van der Waals surface area (Å²) in [5.74, 6) is -1.41. The highest BCUT2D eigenvalue weighted by Gasteiger charge is 2.45. The summed E-state index contributed by atoms with van der Waals surface area (Å²) in [5, 5.41) is 12.0. The summed E-state index contributed by atoms with van der Waals surface area (Å²) in [6, 6.07) is -1.19. The molecule has 2 aromatic rings. The highest BCUT2D eigenvalue weighted by molar-refractivity contribution is 7.17. The van der Waals surface area contributed by atoms with Gasteiger partial charge in [-0.15, -0.1) is 11.3 Å². The first-order chi connectivity index (χ1) is 17.7. The molecule has 2 amide bonds.